The Morgan fingerprint density at radius 1 is 0.519 bits per heavy atom. The second-order valence-corrected chi connectivity index (χ2v) is 25.6. The molecule has 4 heterocycles. The normalized spacial score (nSPS) is 15.7. The molecule has 0 atom stereocenters. The average Bonchev–Trinajstić information content (AvgIpc) is 1.61. The van der Waals surface area contributed by atoms with E-state index in [1.807, 2.05) is 80.4 Å². The fraction of sp³-hybridized carbons (Fsp3) is 0.143. The minimum absolute atomic E-state index is 0. The van der Waals surface area contributed by atoms with E-state index in [4.69, 9.17) is 17.9 Å². The Morgan fingerprint density at radius 2 is 1.08 bits per heavy atom. The molecular weight excluding hydrogens is 1140 g/mol. The van der Waals surface area contributed by atoms with Gasteiger partial charge in [-0.15, -0.1) is 47.9 Å². The van der Waals surface area contributed by atoms with Crippen molar-refractivity contribution in [3.63, 3.8) is 0 Å². The van der Waals surface area contributed by atoms with Crippen molar-refractivity contribution >= 4 is 68.8 Å². The number of hydrogen-bond donors (Lipinski definition) is 0. The van der Waals surface area contributed by atoms with Gasteiger partial charge in [0.25, 0.3) is 0 Å². The number of rotatable bonds is 7. The Labute approximate surface area is 483 Å². The average molecular weight is 1210 g/mol. The van der Waals surface area contributed by atoms with E-state index in [2.05, 4.69) is 131 Å². The van der Waals surface area contributed by atoms with Gasteiger partial charge < -0.3 is 19.4 Å². The maximum atomic E-state index is 9.35. The maximum Gasteiger partial charge on any atom is 0.135 e. The van der Waals surface area contributed by atoms with Gasteiger partial charge in [0.1, 0.15) is 13.9 Å². The monoisotopic (exact) mass is 1200 g/mol. The van der Waals surface area contributed by atoms with E-state index in [0.717, 1.165) is 27.9 Å². The summed E-state index contributed by atoms with van der Waals surface area (Å²) >= 11 is 0. The standard InChI is InChI=1S/C70H59N4OSi.Pt/c1-46-30-33-63-57(38-46)58-39-47(2)31-34-64(58)76(63)65-29-18-17-28-61(65)74(67-42-50(36-37-71-67)69(3,4)5)62-44-54(32-35-66(62)76)75-53-25-19-24-52(43-53)72-45-73(60-27-16-15-26-59(60)72)68-55(48-20-11-9-12-21-48)40-51(70(6,7)8)41-56(68)49-22-13-10-14-23-49;/h9-42,45H,1-8H3;/q-3;/i9D,10D,11D,12D,13D,14D,20D,21D,22D,23D;. The summed E-state index contributed by atoms with van der Waals surface area (Å²) in [5.74, 6) is 1.58. The first-order chi connectivity index (χ1) is 40.9. The van der Waals surface area contributed by atoms with Crippen molar-refractivity contribution in [3.05, 3.63) is 247 Å². The molecule has 0 radical (unpaired) electrons. The van der Waals surface area contributed by atoms with Crippen molar-refractivity contribution in [1.82, 2.24) is 4.98 Å². The van der Waals surface area contributed by atoms with Crippen LogP contribution in [0.15, 0.2) is 206 Å². The quantitative estimate of drug-likeness (QED) is 0.117. The van der Waals surface area contributed by atoms with Crippen molar-refractivity contribution in [2.75, 3.05) is 14.7 Å². The van der Waals surface area contributed by atoms with Gasteiger partial charge in [0.15, 0.2) is 0 Å². The Morgan fingerprint density at radius 3 is 1.69 bits per heavy atom. The molecule has 0 fully saturated rings. The molecule has 0 unspecified atom stereocenters. The van der Waals surface area contributed by atoms with E-state index in [-0.39, 0.29) is 54.4 Å². The first-order valence-corrected chi connectivity index (χ1v) is 27.6. The predicted octanol–water partition coefficient (Wildman–Crippen LogP) is 15.6. The van der Waals surface area contributed by atoms with E-state index < -0.39 is 73.9 Å². The first-order valence-electron chi connectivity index (χ1n) is 30.6. The minimum atomic E-state index is -3.05. The number of fused-ring (bicyclic) bond motifs is 10. The van der Waals surface area contributed by atoms with Crippen LogP contribution in [0.5, 0.6) is 11.5 Å². The first kappa shape index (κ1) is 39.6. The Balaban J connectivity index is 0.00000739. The van der Waals surface area contributed by atoms with Gasteiger partial charge in [0.05, 0.1) is 13.7 Å². The van der Waals surface area contributed by atoms with Gasteiger partial charge in [-0.25, -0.2) is 4.98 Å². The van der Waals surface area contributed by atoms with E-state index in [0.29, 0.717) is 34.1 Å². The molecule has 3 aliphatic rings. The van der Waals surface area contributed by atoms with Crippen LogP contribution in [0.25, 0.3) is 33.4 Å². The van der Waals surface area contributed by atoms with Gasteiger partial charge in [-0.1, -0.05) is 186 Å². The second kappa shape index (κ2) is 19.1. The number of nitrogens with zero attached hydrogens (tertiary/aromatic N) is 4. The largest absolute Gasteiger partial charge is 0.509 e. The number of benzene rings is 9. The summed E-state index contributed by atoms with van der Waals surface area (Å²) in [5, 5.41) is 5.05. The van der Waals surface area contributed by atoms with Gasteiger partial charge in [0.2, 0.25) is 0 Å². The second-order valence-electron chi connectivity index (χ2n) is 22.0. The molecule has 0 amide bonds. The summed E-state index contributed by atoms with van der Waals surface area (Å²) in [5.41, 5.74) is 9.91. The molecule has 0 aliphatic carbocycles. The van der Waals surface area contributed by atoms with Gasteiger partial charge in [0, 0.05) is 72.6 Å². The summed E-state index contributed by atoms with van der Waals surface area (Å²) in [6.07, 6.45) is 1.88. The molecule has 382 valence electrons. The van der Waals surface area contributed by atoms with Crippen molar-refractivity contribution < 1.29 is 39.5 Å². The third kappa shape index (κ3) is 8.36. The molecule has 0 saturated carbocycles. The molecule has 0 N–H and O–H groups in total. The van der Waals surface area contributed by atoms with Crippen LogP contribution in [0.1, 0.15) is 77.5 Å². The maximum absolute atomic E-state index is 9.35. The molecule has 1 spiro atoms. The Bertz CT molecular complexity index is 4340. The molecule has 13 rings (SSSR count). The molecule has 9 aromatic carbocycles. The number of pyridine rings is 1. The molecule has 3 aliphatic heterocycles. The smallest absolute Gasteiger partial charge is 0.135 e. The van der Waals surface area contributed by atoms with E-state index in [1.165, 1.54) is 37.8 Å². The fourth-order valence-corrected chi connectivity index (χ4v) is 16.8. The van der Waals surface area contributed by atoms with Crippen LogP contribution < -0.4 is 40.2 Å². The summed E-state index contributed by atoms with van der Waals surface area (Å²) in [6, 6.07) is 50.0. The van der Waals surface area contributed by atoms with Crippen LogP contribution in [-0.2, 0) is 31.9 Å². The number of anilines is 7. The van der Waals surface area contributed by atoms with Crippen molar-refractivity contribution in [2.45, 2.75) is 66.2 Å². The number of ether oxygens (including phenoxy) is 1. The van der Waals surface area contributed by atoms with Crippen molar-refractivity contribution in [1.29, 1.82) is 0 Å². The number of aryl methyl sites for hydroxylation is 2. The molecule has 10 aromatic rings. The molecule has 1 aromatic heterocycles. The van der Waals surface area contributed by atoms with Crippen molar-refractivity contribution in [3.8, 4) is 44.9 Å². The van der Waals surface area contributed by atoms with Crippen molar-refractivity contribution in [2.24, 2.45) is 0 Å². The summed E-state index contributed by atoms with van der Waals surface area (Å²) in [7, 11) is -3.05. The molecule has 5 nitrogen and oxygen atoms in total. The van der Waals surface area contributed by atoms with E-state index in [1.54, 1.807) is 23.7 Å². The fourth-order valence-electron chi connectivity index (χ4n) is 11.4. The van der Waals surface area contributed by atoms with Crippen LogP contribution in [0.2, 0.25) is 0 Å². The Hall–Kier alpha value is -7.76. The third-order valence-electron chi connectivity index (χ3n) is 15.0. The SMILES string of the molecule is [2H]c1c([2H])c([2H])c(-c2cc(C(C)(C)C)cc(-c3c([2H])c([2H])c([2H])c([2H])c3[2H])c2N2[CH-]N(c3[c-]c(Oc4[c-]c5c(cc4)[Si]4(c6ccc(C)cc6-c6cc(C)ccc64)c4ccccc4N5c4cc(C(C)(C)C)ccn4)ccc3)c3ccccc32)c([2H])c1[2H].[Pt]. The Kier molecular flexibility index (Phi) is 9.80. The predicted molar refractivity (Wildman–Crippen MR) is 318 cm³/mol. The number of para-hydroxylation sites is 3. The van der Waals surface area contributed by atoms with Crippen LogP contribution in [0, 0.1) is 32.6 Å². The molecule has 77 heavy (non-hydrogen) atoms. The zero-order chi connectivity index (χ0) is 60.8. The molecule has 0 saturated heterocycles. The third-order valence-corrected chi connectivity index (χ3v) is 19.9. The zero-order valence-electron chi connectivity index (χ0n) is 53.9. The minimum Gasteiger partial charge on any atom is -0.509 e. The van der Waals surface area contributed by atoms with Gasteiger partial charge >= 0.3 is 0 Å². The van der Waals surface area contributed by atoms with Crippen LogP contribution >= 0.6 is 0 Å². The molecule has 7 heteroatoms. The number of aromatic nitrogens is 1. The number of hydrogen-bond acceptors (Lipinski definition) is 5. The van der Waals surface area contributed by atoms with Gasteiger partial charge in [-0.2, -0.15) is 12.1 Å². The van der Waals surface area contributed by atoms with Crippen LogP contribution in [0.4, 0.5) is 39.9 Å². The van der Waals surface area contributed by atoms with Gasteiger partial charge in [-0.3, -0.25) is 0 Å². The van der Waals surface area contributed by atoms with E-state index >= 15 is 0 Å². The summed E-state index contributed by atoms with van der Waals surface area (Å²) in [4.78, 5) is 11.0. The zero-order valence-corrected chi connectivity index (χ0v) is 47.2. The van der Waals surface area contributed by atoms with Gasteiger partial charge in [-0.05, 0) is 116 Å². The molecular formula is C70H59N4OPtSi-3. The summed E-state index contributed by atoms with van der Waals surface area (Å²) < 4.78 is 96.8. The van der Waals surface area contributed by atoms with E-state index in [9.17, 15) is 5.48 Å². The molecule has 0 bridgehead atoms. The topological polar surface area (TPSA) is 31.8 Å². The summed E-state index contributed by atoms with van der Waals surface area (Å²) in [6.45, 7) is 18.6. The van der Waals surface area contributed by atoms with Crippen LogP contribution in [-0.4, -0.2) is 13.1 Å². The van der Waals surface area contributed by atoms with Crippen LogP contribution in [0.3, 0.4) is 0 Å².